The van der Waals surface area contributed by atoms with Gasteiger partial charge < -0.3 is 14.6 Å². The quantitative estimate of drug-likeness (QED) is 0.545. The molecule has 4 rings (SSSR count). The van der Waals surface area contributed by atoms with E-state index in [0.29, 0.717) is 19.5 Å². The molecule has 1 aliphatic rings. The Labute approximate surface area is 187 Å². The Kier molecular flexibility index (Phi) is 6.31. The van der Waals surface area contributed by atoms with Crippen LogP contribution in [0.5, 0.6) is 0 Å². The van der Waals surface area contributed by atoms with Crippen LogP contribution in [0.25, 0.3) is 6.08 Å². The Morgan fingerprint density at radius 3 is 2.53 bits per heavy atom. The molecule has 0 saturated carbocycles. The molecule has 0 radical (unpaired) electrons. The van der Waals surface area contributed by atoms with E-state index in [9.17, 15) is 14.7 Å². The van der Waals surface area contributed by atoms with Crippen LogP contribution in [0.2, 0.25) is 0 Å². The number of rotatable bonds is 8. The van der Waals surface area contributed by atoms with Gasteiger partial charge in [-0.1, -0.05) is 66.2 Å². The average molecular weight is 428 g/mol. The number of carbonyl (C=O) groups is 2. The minimum atomic E-state index is -0.626. The highest BCUT2D eigenvalue weighted by Crippen LogP contribution is 2.38. The molecule has 162 valence electrons. The molecule has 6 nitrogen and oxygen atoms in total. The van der Waals surface area contributed by atoms with Crippen LogP contribution in [0.4, 0.5) is 0 Å². The van der Waals surface area contributed by atoms with Crippen molar-refractivity contribution < 1.29 is 14.7 Å². The summed E-state index contributed by atoms with van der Waals surface area (Å²) in [5.74, 6) is -1.36. The monoisotopic (exact) mass is 427 g/mol. The van der Waals surface area contributed by atoms with Crippen molar-refractivity contribution in [3.8, 4) is 0 Å². The van der Waals surface area contributed by atoms with Crippen LogP contribution in [0, 0.1) is 6.92 Å². The molecule has 1 aliphatic heterocycles. The number of aliphatic hydroxyl groups excluding tert-OH is 1. The number of aryl methyl sites for hydroxylation is 2. The molecule has 1 atom stereocenters. The van der Waals surface area contributed by atoms with Gasteiger partial charge in [-0.05, 0) is 30.5 Å². The van der Waals surface area contributed by atoms with Crippen LogP contribution in [0.1, 0.15) is 29.2 Å². The summed E-state index contributed by atoms with van der Waals surface area (Å²) in [4.78, 5) is 31.7. The summed E-state index contributed by atoms with van der Waals surface area (Å²) < 4.78 is 1.93. The predicted octanol–water partition coefficient (Wildman–Crippen LogP) is 4.26. The molecular weight excluding hydrogens is 402 g/mol. The Morgan fingerprint density at radius 1 is 1.09 bits per heavy atom. The van der Waals surface area contributed by atoms with Crippen molar-refractivity contribution in [2.45, 2.75) is 25.9 Å². The second kappa shape index (κ2) is 9.47. The minimum absolute atomic E-state index is 0.119. The summed E-state index contributed by atoms with van der Waals surface area (Å²) in [6, 6.07) is 16.5. The van der Waals surface area contributed by atoms with Crippen LogP contribution in [0.3, 0.4) is 0 Å². The fourth-order valence-electron chi connectivity index (χ4n) is 3.90. The van der Waals surface area contributed by atoms with Crippen LogP contribution >= 0.6 is 0 Å². The van der Waals surface area contributed by atoms with Gasteiger partial charge in [0, 0.05) is 25.5 Å². The Balaban J connectivity index is 1.61. The number of hydrogen-bond acceptors (Lipinski definition) is 4. The summed E-state index contributed by atoms with van der Waals surface area (Å²) in [6.45, 7) is 3.07. The number of imidazole rings is 1. The molecule has 0 bridgehead atoms. The molecule has 2 heterocycles. The molecule has 2 aromatic carbocycles. The first-order chi connectivity index (χ1) is 15.5. The molecule has 0 saturated heterocycles. The van der Waals surface area contributed by atoms with Gasteiger partial charge >= 0.3 is 0 Å². The summed E-state index contributed by atoms with van der Waals surface area (Å²) in [6.07, 6.45) is 9.08. The lowest BCUT2D eigenvalue weighted by Crippen LogP contribution is -2.32. The third kappa shape index (κ3) is 4.54. The van der Waals surface area contributed by atoms with Crippen molar-refractivity contribution in [3.05, 3.63) is 107 Å². The normalized spacial score (nSPS) is 16.3. The summed E-state index contributed by atoms with van der Waals surface area (Å²) in [7, 11) is 0. The number of ketones is 1. The van der Waals surface area contributed by atoms with E-state index in [1.807, 2.05) is 72.3 Å². The van der Waals surface area contributed by atoms with E-state index >= 15 is 0 Å². The number of aliphatic hydroxyl groups is 1. The number of allylic oxidation sites excluding steroid dienone is 1. The van der Waals surface area contributed by atoms with Gasteiger partial charge in [0.1, 0.15) is 0 Å². The van der Waals surface area contributed by atoms with E-state index in [1.165, 1.54) is 6.08 Å². The molecule has 0 aliphatic carbocycles. The average Bonchev–Trinajstić information content (AvgIpc) is 3.41. The minimum Gasteiger partial charge on any atom is -0.503 e. The van der Waals surface area contributed by atoms with Crippen LogP contribution in [0.15, 0.2) is 90.7 Å². The summed E-state index contributed by atoms with van der Waals surface area (Å²) >= 11 is 0. The van der Waals surface area contributed by atoms with Gasteiger partial charge in [-0.25, -0.2) is 4.98 Å². The molecule has 3 aromatic rings. The van der Waals surface area contributed by atoms with E-state index in [1.54, 1.807) is 23.5 Å². The third-order valence-electron chi connectivity index (χ3n) is 5.56. The van der Waals surface area contributed by atoms with Crippen molar-refractivity contribution in [2.24, 2.45) is 0 Å². The molecule has 1 unspecified atom stereocenters. The smallest absolute Gasteiger partial charge is 0.290 e. The van der Waals surface area contributed by atoms with Crippen LogP contribution in [-0.2, 0) is 16.1 Å². The van der Waals surface area contributed by atoms with E-state index < -0.39 is 17.7 Å². The number of aromatic nitrogens is 2. The predicted molar refractivity (Wildman–Crippen MR) is 123 cm³/mol. The Bertz CT molecular complexity index is 1150. The maximum absolute atomic E-state index is 13.1. The first-order valence-corrected chi connectivity index (χ1v) is 10.6. The number of benzene rings is 2. The first-order valence-electron chi connectivity index (χ1n) is 10.6. The van der Waals surface area contributed by atoms with Gasteiger partial charge in [0.2, 0.25) is 0 Å². The highest BCUT2D eigenvalue weighted by atomic mass is 16.3. The van der Waals surface area contributed by atoms with Crippen molar-refractivity contribution >= 4 is 17.8 Å². The van der Waals surface area contributed by atoms with Crippen LogP contribution < -0.4 is 0 Å². The molecular formula is C26H25N3O3. The number of amides is 1. The lowest BCUT2D eigenvalue weighted by Gasteiger charge is -2.26. The largest absolute Gasteiger partial charge is 0.503 e. The Hall–Kier alpha value is -3.93. The zero-order valence-electron chi connectivity index (χ0n) is 17.9. The van der Waals surface area contributed by atoms with Crippen LogP contribution in [-0.4, -0.2) is 37.8 Å². The zero-order valence-corrected chi connectivity index (χ0v) is 17.9. The molecule has 1 amide bonds. The summed E-state index contributed by atoms with van der Waals surface area (Å²) in [5.41, 5.74) is 2.87. The topological polar surface area (TPSA) is 75.4 Å². The van der Waals surface area contributed by atoms with E-state index in [-0.39, 0.29) is 11.4 Å². The van der Waals surface area contributed by atoms with Crippen molar-refractivity contribution in [1.82, 2.24) is 14.5 Å². The zero-order chi connectivity index (χ0) is 22.5. The molecule has 1 aromatic heterocycles. The van der Waals surface area contributed by atoms with Gasteiger partial charge in [-0.15, -0.1) is 0 Å². The lowest BCUT2D eigenvalue weighted by atomic mass is 9.95. The molecule has 0 spiro atoms. The van der Waals surface area contributed by atoms with Gasteiger partial charge in [-0.3, -0.25) is 9.59 Å². The highest BCUT2D eigenvalue weighted by molar-refractivity contribution is 6.14. The van der Waals surface area contributed by atoms with Gasteiger partial charge in [0.15, 0.2) is 11.5 Å². The third-order valence-corrected chi connectivity index (χ3v) is 5.56. The molecule has 32 heavy (non-hydrogen) atoms. The number of nitrogens with zero attached hydrogens (tertiary/aromatic N) is 3. The number of carbonyl (C=O) groups excluding carboxylic acids is 2. The molecule has 0 fully saturated rings. The fraction of sp³-hybridized carbons (Fsp3) is 0.192. The van der Waals surface area contributed by atoms with Gasteiger partial charge in [-0.2, -0.15) is 0 Å². The van der Waals surface area contributed by atoms with Crippen molar-refractivity contribution in [3.63, 3.8) is 0 Å². The van der Waals surface area contributed by atoms with Gasteiger partial charge in [0.05, 0.1) is 17.9 Å². The van der Waals surface area contributed by atoms with Crippen molar-refractivity contribution in [2.75, 3.05) is 6.54 Å². The van der Waals surface area contributed by atoms with Gasteiger partial charge in [0.25, 0.3) is 5.91 Å². The second-order valence-electron chi connectivity index (χ2n) is 7.84. The Morgan fingerprint density at radius 2 is 1.84 bits per heavy atom. The fourth-order valence-corrected chi connectivity index (χ4v) is 3.90. The molecule has 6 heteroatoms. The standard InChI is InChI=1S/C26H25N3O3/c1-19-8-11-21(12-9-19)24-23(22(30)13-10-20-6-3-2-4-7-20)25(31)26(32)29(24)16-5-15-28-17-14-27-18-28/h2-4,6-14,17-18,24,31H,5,15-16H2,1H3/b13-10+. The van der Waals surface area contributed by atoms with E-state index in [0.717, 1.165) is 16.7 Å². The SMILES string of the molecule is Cc1ccc(C2C(C(=O)/C=C/c3ccccc3)=C(O)C(=O)N2CCCn2ccnc2)cc1. The summed E-state index contributed by atoms with van der Waals surface area (Å²) in [5, 5.41) is 10.7. The lowest BCUT2D eigenvalue weighted by molar-refractivity contribution is -0.129. The van der Waals surface area contributed by atoms with E-state index in [2.05, 4.69) is 4.98 Å². The van der Waals surface area contributed by atoms with E-state index in [4.69, 9.17) is 0 Å². The first kappa shape index (κ1) is 21.3. The number of hydrogen-bond donors (Lipinski definition) is 1. The van der Waals surface area contributed by atoms with Crippen molar-refractivity contribution in [1.29, 1.82) is 0 Å². The molecule has 1 N–H and O–H groups in total. The maximum Gasteiger partial charge on any atom is 0.290 e. The second-order valence-corrected chi connectivity index (χ2v) is 7.84. The maximum atomic E-state index is 13.1. The highest BCUT2D eigenvalue weighted by Gasteiger charge is 2.42.